The average molecular weight is 404 g/mol. The molecule has 0 aliphatic carbocycles. The number of amides is 1. The predicted molar refractivity (Wildman–Crippen MR) is 93.1 cm³/mol. The third kappa shape index (κ3) is 6.91. The summed E-state index contributed by atoms with van der Waals surface area (Å²) in [5, 5.41) is 0. The number of carbonyl (C=O) groups is 2. The maximum absolute atomic E-state index is 12.4. The molecule has 0 aromatic heterocycles. The van der Waals surface area contributed by atoms with Crippen LogP contribution in [0.3, 0.4) is 0 Å². The van der Waals surface area contributed by atoms with Crippen LogP contribution in [-0.2, 0) is 14.3 Å². The van der Waals surface area contributed by atoms with Gasteiger partial charge in [-0.2, -0.15) is 13.2 Å². The van der Waals surface area contributed by atoms with Gasteiger partial charge in [-0.15, -0.1) is 0 Å². The van der Waals surface area contributed by atoms with Crippen molar-refractivity contribution in [3.05, 3.63) is 24.3 Å². The molecule has 0 atom stereocenters. The van der Waals surface area contributed by atoms with Crippen LogP contribution in [0.4, 0.5) is 13.2 Å². The second-order valence-electron chi connectivity index (χ2n) is 6.05. The molecule has 0 spiro atoms. The van der Waals surface area contributed by atoms with Gasteiger partial charge in [-0.1, -0.05) is 0 Å². The Morgan fingerprint density at radius 2 is 1.57 bits per heavy atom. The van der Waals surface area contributed by atoms with Crippen LogP contribution in [-0.4, -0.2) is 80.4 Å². The Hall–Kier alpha value is -2.49. The van der Waals surface area contributed by atoms with Crippen LogP contribution in [0.25, 0.3) is 0 Å². The second-order valence-corrected chi connectivity index (χ2v) is 6.05. The first-order chi connectivity index (χ1) is 13.3. The number of nitrogens with zero attached hydrogens (tertiary/aromatic N) is 2. The molecule has 156 valence electrons. The van der Waals surface area contributed by atoms with E-state index in [0.29, 0.717) is 37.7 Å². The SMILES string of the molecule is CCOc1ccc(OCC(=O)OCCN2CCN(C(=O)C(F)(F)F)CC2)cc1. The summed E-state index contributed by atoms with van der Waals surface area (Å²) in [5.74, 6) is -1.15. The molecule has 0 unspecified atom stereocenters. The molecule has 0 bridgehead atoms. The number of piperazine rings is 1. The van der Waals surface area contributed by atoms with E-state index in [1.807, 2.05) is 11.8 Å². The lowest BCUT2D eigenvalue weighted by molar-refractivity contribution is -0.187. The molecule has 2 rings (SSSR count). The van der Waals surface area contributed by atoms with E-state index in [2.05, 4.69) is 0 Å². The number of alkyl halides is 3. The first-order valence-electron chi connectivity index (χ1n) is 8.89. The topological polar surface area (TPSA) is 68.3 Å². The fourth-order valence-electron chi connectivity index (χ4n) is 2.63. The molecule has 0 radical (unpaired) electrons. The van der Waals surface area contributed by atoms with Crippen LogP contribution in [0.2, 0.25) is 0 Å². The lowest BCUT2D eigenvalue weighted by Crippen LogP contribution is -2.52. The molecule has 1 aromatic carbocycles. The molecule has 1 saturated heterocycles. The maximum Gasteiger partial charge on any atom is 0.471 e. The Morgan fingerprint density at radius 3 is 2.11 bits per heavy atom. The van der Waals surface area contributed by atoms with Gasteiger partial charge >= 0.3 is 18.1 Å². The van der Waals surface area contributed by atoms with Gasteiger partial charge in [0.1, 0.15) is 18.1 Å². The smallest absolute Gasteiger partial charge is 0.471 e. The Labute approximate surface area is 160 Å². The fraction of sp³-hybridized carbons (Fsp3) is 0.556. The van der Waals surface area contributed by atoms with Crippen molar-refractivity contribution in [2.24, 2.45) is 0 Å². The predicted octanol–water partition coefficient (Wildman–Crippen LogP) is 1.71. The van der Waals surface area contributed by atoms with Crippen LogP contribution in [0.1, 0.15) is 6.92 Å². The minimum absolute atomic E-state index is 0.00680. The van der Waals surface area contributed by atoms with E-state index in [4.69, 9.17) is 14.2 Å². The van der Waals surface area contributed by atoms with E-state index >= 15 is 0 Å². The zero-order valence-corrected chi connectivity index (χ0v) is 15.5. The molecular formula is C18H23F3N2O5. The molecule has 0 saturated carbocycles. The molecule has 7 nitrogen and oxygen atoms in total. The summed E-state index contributed by atoms with van der Waals surface area (Å²) in [5.41, 5.74) is 0. The van der Waals surface area contributed by atoms with E-state index < -0.39 is 18.1 Å². The zero-order valence-electron chi connectivity index (χ0n) is 15.5. The zero-order chi connectivity index (χ0) is 20.6. The quantitative estimate of drug-likeness (QED) is 0.615. The summed E-state index contributed by atoms with van der Waals surface area (Å²) in [6.07, 6.45) is -4.85. The number of hydrogen-bond donors (Lipinski definition) is 0. The third-order valence-electron chi connectivity index (χ3n) is 4.06. The molecule has 1 heterocycles. The fourth-order valence-corrected chi connectivity index (χ4v) is 2.63. The molecule has 1 aromatic rings. The second kappa shape index (κ2) is 10.2. The highest BCUT2D eigenvalue weighted by atomic mass is 19.4. The summed E-state index contributed by atoms with van der Waals surface area (Å²) in [4.78, 5) is 25.5. The number of rotatable bonds is 8. The number of benzene rings is 1. The lowest BCUT2D eigenvalue weighted by atomic mass is 10.3. The van der Waals surface area contributed by atoms with Crippen molar-refractivity contribution < 1.29 is 37.0 Å². The average Bonchev–Trinajstić information content (AvgIpc) is 2.67. The van der Waals surface area contributed by atoms with Crippen LogP contribution in [0.5, 0.6) is 11.5 Å². The van der Waals surface area contributed by atoms with Gasteiger partial charge in [0.25, 0.3) is 0 Å². The number of carbonyl (C=O) groups excluding carboxylic acids is 2. The summed E-state index contributed by atoms with van der Waals surface area (Å²) in [6.45, 7) is 3.23. The van der Waals surface area contributed by atoms with E-state index in [1.54, 1.807) is 24.3 Å². The van der Waals surface area contributed by atoms with Crippen LogP contribution in [0.15, 0.2) is 24.3 Å². The number of ether oxygens (including phenoxy) is 3. The number of esters is 1. The normalized spacial score (nSPS) is 15.2. The molecule has 0 N–H and O–H groups in total. The van der Waals surface area contributed by atoms with Crippen molar-refractivity contribution in [3.63, 3.8) is 0 Å². The van der Waals surface area contributed by atoms with Crippen molar-refractivity contribution in [2.75, 3.05) is 52.5 Å². The van der Waals surface area contributed by atoms with Gasteiger partial charge in [-0.05, 0) is 31.2 Å². The van der Waals surface area contributed by atoms with Gasteiger partial charge in [0.2, 0.25) is 0 Å². The van der Waals surface area contributed by atoms with Gasteiger partial charge in [-0.25, -0.2) is 4.79 Å². The molecule has 1 aliphatic heterocycles. The first kappa shape index (κ1) is 21.8. The highest BCUT2D eigenvalue weighted by molar-refractivity contribution is 5.81. The Morgan fingerprint density at radius 1 is 1.00 bits per heavy atom. The van der Waals surface area contributed by atoms with Crippen molar-refractivity contribution in [1.82, 2.24) is 9.80 Å². The van der Waals surface area contributed by atoms with E-state index in [1.165, 1.54) is 0 Å². The lowest BCUT2D eigenvalue weighted by Gasteiger charge is -2.34. The monoisotopic (exact) mass is 404 g/mol. The Bertz CT molecular complexity index is 644. The Kier molecular flexibility index (Phi) is 7.91. The van der Waals surface area contributed by atoms with E-state index in [0.717, 1.165) is 4.90 Å². The Balaban J connectivity index is 1.60. The van der Waals surface area contributed by atoms with Gasteiger partial charge in [0, 0.05) is 32.7 Å². The molecular weight excluding hydrogens is 381 g/mol. The van der Waals surface area contributed by atoms with Gasteiger partial charge < -0.3 is 19.1 Å². The molecule has 28 heavy (non-hydrogen) atoms. The maximum atomic E-state index is 12.4. The van der Waals surface area contributed by atoms with Gasteiger partial charge in [0.05, 0.1) is 6.61 Å². The summed E-state index contributed by atoms with van der Waals surface area (Å²) >= 11 is 0. The van der Waals surface area contributed by atoms with Crippen molar-refractivity contribution in [3.8, 4) is 11.5 Å². The molecule has 1 aliphatic rings. The number of hydrogen-bond acceptors (Lipinski definition) is 6. The number of halogens is 3. The van der Waals surface area contributed by atoms with E-state index in [9.17, 15) is 22.8 Å². The van der Waals surface area contributed by atoms with Crippen molar-refractivity contribution in [1.29, 1.82) is 0 Å². The largest absolute Gasteiger partial charge is 0.494 e. The summed E-state index contributed by atoms with van der Waals surface area (Å²) in [7, 11) is 0. The van der Waals surface area contributed by atoms with Crippen molar-refractivity contribution in [2.45, 2.75) is 13.1 Å². The van der Waals surface area contributed by atoms with Gasteiger partial charge in [0.15, 0.2) is 6.61 Å². The van der Waals surface area contributed by atoms with Crippen LogP contribution < -0.4 is 9.47 Å². The summed E-state index contributed by atoms with van der Waals surface area (Å²) in [6, 6.07) is 6.82. The highest BCUT2D eigenvalue weighted by Crippen LogP contribution is 2.19. The van der Waals surface area contributed by atoms with Crippen LogP contribution in [0, 0.1) is 0 Å². The van der Waals surface area contributed by atoms with Gasteiger partial charge in [-0.3, -0.25) is 9.69 Å². The third-order valence-corrected chi connectivity index (χ3v) is 4.06. The summed E-state index contributed by atoms with van der Waals surface area (Å²) < 4.78 is 52.9. The molecule has 10 heteroatoms. The first-order valence-corrected chi connectivity index (χ1v) is 8.89. The molecule has 1 fully saturated rings. The minimum Gasteiger partial charge on any atom is -0.494 e. The minimum atomic E-state index is -4.85. The highest BCUT2D eigenvalue weighted by Gasteiger charge is 2.43. The molecule has 1 amide bonds. The van der Waals surface area contributed by atoms with Crippen LogP contribution >= 0.6 is 0 Å². The standard InChI is InChI=1S/C18H23F3N2O5/c1-2-26-14-3-5-15(6-4-14)28-13-16(24)27-12-11-22-7-9-23(10-8-22)17(25)18(19,20)21/h3-6H,2,7-13H2,1H3. The van der Waals surface area contributed by atoms with Crippen molar-refractivity contribution >= 4 is 11.9 Å². The van der Waals surface area contributed by atoms with E-state index in [-0.39, 0.29) is 26.3 Å².